The summed E-state index contributed by atoms with van der Waals surface area (Å²) in [7, 11) is 1.65. The van der Waals surface area contributed by atoms with Crippen molar-refractivity contribution in [2.75, 3.05) is 30.9 Å². The van der Waals surface area contributed by atoms with Crippen molar-refractivity contribution < 1.29 is 14.3 Å². The minimum atomic E-state index is -0.302. The summed E-state index contributed by atoms with van der Waals surface area (Å²) in [5, 5.41) is 5.97. The number of hydrogen-bond donors (Lipinski definition) is 2. The van der Waals surface area contributed by atoms with Crippen LogP contribution in [-0.2, 0) is 6.42 Å². The molecule has 0 bridgehead atoms. The second-order valence-corrected chi connectivity index (χ2v) is 6.17. The maximum atomic E-state index is 12.5. The van der Waals surface area contributed by atoms with Crippen molar-refractivity contribution in [3.63, 3.8) is 0 Å². The van der Waals surface area contributed by atoms with E-state index in [4.69, 9.17) is 9.47 Å². The number of methoxy groups -OCH3 is 1. The van der Waals surface area contributed by atoms with Gasteiger partial charge in [-0.15, -0.1) is 0 Å². The predicted octanol–water partition coefficient (Wildman–Crippen LogP) is 3.79. The first kappa shape index (κ1) is 20.1. The molecule has 1 amide bonds. The van der Waals surface area contributed by atoms with Gasteiger partial charge in [0.2, 0.25) is 5.95 Å². The lowest BCUT2D eigenvalue weighted by Gasteiger charge is -2.10. The fourth-order valence-electron chi connectivity index (χ4n) is 2.79. The maximum absolute atomic E-state index is 12.5. The standard InChI is InChI=1S/C22H24N4O3/c1-3-29-18-10-8-17(9-11-18)25-21(27)19-13-15-24-22(26-19)23-14-12-16-6-4-5-7-20(16)28-2/h4-11,13,15H,3,12,14H2,1-2H3,(H,25,27)(H,23,24,26). The second-order valence-electron chi connectivity index (χ2n) is 6.17. The van der Waals surface area contributed by atoms with E-state index in [9.17, 15) is 4.79 Å². The molecule has 0 aliphatic rings. The summed E-state index contributed by atoms with van der Waals surface area (Å²) < 4.78 is 10.8. The van der Waals surface area contributed by atoms with Gasteiger partial charge in [0.1, 0.15) is 17.2 Å². The highest BCUT2D eigenvalue weighted by Gasteiger charge is 2.10. The number of anilines is 2. The van der Waals surface area contributed by atoms with Crippen LogP contribution in [0.4, 0.5) is 11.6 Å². The van der Waals surface area contributed by atoms with E-state index in [0.29, 0.717) is 24.8 Å². The molecule has 3 aromatic rings. The van der Waals surface area contributed by atoms with E-state index in [2.05, 4.69) is 20.6 Å². The summed E-state index contributed by atoms with van der Waals surface area (Å²) in [5.74, 6) is 1.70. The zero-order chi connectivity index (χ0) is 20.5. The number of amides is 1. The molecule has 3 rings (SSSR count). The van der Waals surface area contributed by atoms with Crippen LogP contribution < -0.4 is 20.1 Å². The van der Waals surface area contributed by atoms with Crippen molar-refractivity contribution in [2.24, 2.45) is 0 Å². The molecule has 7 heteroatoms. The van der Waals surface area contributed by atoms with Crippen LogP contribution in [0, 0.1) is 0 Å². The highest BCUT2D eigenvalue weighted by molar-refractivity contribution is 6.02. The van der Waals surface area contributed by atoms with E-state index in [1.165, 1.54) is 0 Å². The van der Waals surface area contributed by atoms with E-state index >= 15 is 0 Å². The molecule has 0 radical (unpaired) electrons. The highest BCUT2D eigenvalue weighted by Crippen LogP contribution is 2.18. The van der Waals surface area contributed by atoms with E-state index in [-0.39, 0.29) is 11.6 Å². The van der Waals surface area contributed by atoms with Gasteiger partial charge in [0, 0.05) is 18.4 Å². The Bertz CT molecular complexity index is 945. The molecule has 29 heavy (non-hydrogen) atoms. The van der Waals surface area contributed by atoms with Gasteiger partial charge in [0.25, 0.3) is 5.91 Å². The van der Waals surface area contributed by atoms with Gasteiger partial charge >= 0.3 is 0 Å². The average Bonchev–Trinajstić information content (AvgIpc) is 2.76. The summed E-state index contributed by atoms with van der Waals surface area (Å²) in [6.07, 6.45) is 2.31. The maximum Gasteiger partial charge on any atom is 0.274 e. The molecule has 2 aromatic carbocycles. The number of carbonyl (C=O) groups excluding carboxylic acids is 1. The van der Waals surface area contributed by atoms with E-state index in [0.717, 1.165) is 23.5 Å². The van der Waals surface area contributed by atoms with Gasteiger partial charge in [-0.25, -0.2) is 9.97 Å². The van der Waals surface area contributed by atoms with Gasteiger partial charge in [-0.2, -0.15) is 0 Å². The topological polar surface area (TPSA) is 85.4 Å². The first-order chi connectivity index (χ1) is 14.2. The van der Waals surface area contributed by atoms with Crippen LogP contribution in [0.25, 0.3) is 0 Å². The number of rotatable bonds is 9. The smallest absolute Gasteiger partial charge is 0.274 e. The normalized spacial score (nSPS) is 10.3. The molecule has 0 spiro atoms. The van der Waals surface area contributed by atoms with Crippen molar-refractivity contribution >= 4 is 17.5 Å². The summed E-state index contributed by atoms with van der Waals surface area (Å²) in [5.41, 5.74) is 2.04. The molecule has 7 nitrogen and oxygen atoms in total. The largest absolute Gasteiger partial charge is 0.496 e. The van der Waals surface area contributed by atoms with Crippen LogP contribution >= 0.6 is 0 Å². The fraction of sp³-hybridized carbons (Fsp3) is 0.227. The monoisotopic (exact) mass is 392 g/mol. The summed E-state index contributed by atoms with van der Waals surface area (Å²) in [6.45, 7) is 3.14. The first-order valence-corrected chi connectivity index (χ1v) is 9.42. The minimum Gasteiger partial charge on any atom is -0.496 e. The van der Waals surface area contributed by atoms with Crippen molar-refractivity contribution in [1.82, 2.24) is 9.97 Å². The van der Waals surface area contributed by atoms with Gasteiger partial charge in [-0.05, 0) is 55.3 Å². The zero-order valence-corrected chi connectivity index (χ0v) is 16.5. The summed E-state index contributed by atoms with van der Waals surface area (Å²) in [6, 6.07) is 16.6. The van der Waals surface area contributed by atoms with E-state index in [1.807, 2.05) is 43.3 Å². The molecule has 0 fully saturated rings. The van der Waals surface area contributed by atoms with Gasteiger partial charge in [0.05, 0.1) is 13.7 Å². The van der Waals surface area contributed by atoms with Crippen LogP contribution in [0.3, 0.4) is 0 Å². The number of benzene rings is 2. The lowest BCUT2D eigenvalue weighted by atomic mass is 10.1. The molecule has 0 saturated carbocycles. The number of hydrogen-bond acceptors (Lipinski definition) is 6. The molecule has 0 aliphatic carbocycles. The van der Waals surface area contributed by atoms with Crippen LogP contribution in [0.2, 0.25) is 0 Å². The molecule has 1 aromatic heterocycles. The van der Waals surface area contributed by atoms with Crippen LogP contribution in [0.15, 0.2) is 60.8 Å². The Hall–Kier alpha value is -3.61. The molecular weight excluding hydrogens is 368 g/mol. The van der Waals surface area contributed by atoms with Gasteiger partial charge in [-0.3, -0.25) is 4.79 Å². The summed E-state index contributed by atoms with van der Waals surface area (Å²) in [4.78, 5) is 21.0. The van der Waals surface area contributed by atoms with Crippen molar-refractivity contribution in [3.8, 4) is 11.5 Å². The molecule has 0 atom stereocenters. The highest BCUT2D eigenvalue weighted by atomic mass is 16.5. The van der Waals surface area contributed by atoms with Gasteiger partial charge < -0.3 is 20.1 Å². The Balaban J connectivity index is 1.57. The number of para-hydroxylation sites is 1. The van der Waals surface area contributed by atoms with Crippen LogP contribution in [0.5, 0.6) is 11.5 Å². The zero-order valence-electron chi connectivity index (χ0n) is 16.5. The molecular formula is C22H24N4O3. The Labute approximate surface area is 170 Å². The Morgan fingerprint density at radius 1 is 1.07 bits per heavy atom. The fourth-order valence-corrected chi connectivity index (χ4v) is 2.79. The third-order valence-corrected chi connectivity index (χ3v) is 4.18. The van der Waals surface area contributed by atoms with Crippen molar-refractivity contribution in [3.05, 3.63) is 72.1 Å². The van der Waals surface area contributed by atoms with Crippen LogP contribution in [-0.4, -0.2) is 36.1 Å². The lowest BCUT2D eigenvalue weighted by Crippen LogP contribution is -2.16. The lowest BCUT2D eigenvalue weighted by molar-refractivity contribution is 0.102. The Morgan fingerprint density at radius 2 is 1.86 bits per heavy atom. The van der Waals surface area contributed by atoms with Crippen LogP contribution in [0.1, 0.15) is 23.0 Å². The molecule has 1 heterocycles. The van der Waals surface area contributed by atoms with E-state index < -0.39 is 0 Å². The number of nitrogens with zero attached hydrogens (tertiary/aromatic N) is 2. The van der Waals surface area contributed by atoms with Crippen molar-refractivity contribution in [1.29, 1.82) is 0 Å². The SMILES string of the molecule is CCOc1ccc(NC(=O)c2ccnc(NCCc3ccccc3OC)n2)cc1. The molecule has 0 unspecified atom stereocenters. The molecule has 150 valence electrons. The minimum absolute atomic E-state index is 0.286. The quantitative estimate of drug-likeness (QED) is 0.576. The Kier molecular flexibility index (Phi) is 7.00. The molecule has 2 N–H and O–H groups in total. The Morgan fingerprint density at radius 3 is 2.62 bits per heavy atom. The first-order valence-electron chi connectivity index (χ1n) is 9.42. The van der Waals surface area contributed by atoms with Gasteiger partial charge in [0.15, 0.2) is 0 Å². The van der Waals surface area contributed by atoms with Gasteiger partial charge in [-0.1, -0.05) is 18.2 Å². The third kappa shape index (κ3) is 5.68. The predicted molar refractivity (Wildman–Crippen MR) is 113 cm³/mol. The number of ether oxygens (including phenoxy) is 2. The third-order valence-electron chi connectivity index (χ3n) is 4.18. The molecule has 0 aliphatic heterocycles. The van der Waals surface area contributed by atoms with E-state index in [1.54, 1.807) is 31.5 Å². The number of carbonyl (C=O) groups is 1. The number of nitrogens with one attached hydrogen (secondary N) is 2. The summed E-state index contributed by atoms with van der Waals surface area (Å²) >= 11 is 0. The molecule has 0 saturated heterocycles. The number of aromatic nitrogens is 2. The van der Waals surface area contributed by atoms with Crippen molar-refractivity contribution in [2.45, 2.75) is 13.3 Å². The second kappa shape index (κ2) is 10.1. The average molecular weight is 392 g/mol.